The molecule has 134 valence electrons. The Labute approximate surface area is 148 Å². The summed E-state index contributed by atoms with van der Waals surface area (Å²) in [5.41, 5.74) is 2.02. The molecule has 0 saturated carbocycles. The van der Waals surface area contributed by atoms with E-state index in [2.05, 4.69) is 15.1 Å². The molecular weight excluding hydrogens is 336 g/mol. The van der Waals surface area contributed by atoms with Gasteiger partial charge in [-0.25, -0.2) is 9.97 Å². The minimum Gasteiger partial charge on any atom is -0.481 e. The zero-order chi connectivity index (χ0) is 18.1. The number of aromatic nitrogens is 5. The van der Waals surface area contributed by atoms with Crippen LogP contribution in [-0.2, 0) is 24.3 Å². The van der Waals surface area contributed by atoms with Crippen LogP contribution in [0.5, 0.6) is 0 Å². The van der Waals surface area contributed by atoms with Crippen molar-refractivity contribution in [3.63, 3.8) is 0 Å². The Hall–Kier alpha value is -3.23. The standard InChI is InChI=1S/C17H18N6O3/c24-15(25)4-3-12-9-13-10-21(7-2-8-23(13)20-12)16(26)14-11-22-6-1-5-18-17(22)19-14/h1,5-6,9,11H,2-4,7-8,10H2,(H,24,25). The lowest BCUT2D eigenvalue weighted by atomic mass is 10.2. The average molecular weight is 354 g/mol. The number of carbonyl (C=O) groups excluding carboxylic acids is 1. The number of aliphatic carboxylic acids is 1. The van der Waals surface area contributed by atoms with Crippen molar-refractivity contribution in [3.8, 4) is 0 Å². The summed E-state index contributed by atoms with van der Waals surface area (Å²) in [6, 6.07) is 3.67. The summed E-state index contributed by atoms with van der Waals surface area (Å²) in [6.45, 7) is 1.76. The van der Waals surface area contributed by atoms with Crippen molar-refractivity contribution >= 4 is 17.7 Å². The van der Waals surface area contributed by atoms with E-state index in [0.717, 1.165) is 17.8 Å². The van der Waals surface area contributed by atoms with Crippen LogP contribution in [0, 0.1) is 0 Å². The van der Waals surface area contributed by atoms with E-state index in [-0.39, 0.29) is 12.3 Å². The molecule has 9 nitrogen and oxygen atoms in total. The molecule has 0 bridgehead atoms. The number of imidazole rings is 1. The third-order valence-electron chi connectivity index (χ3n) is 4.40. The molecule has 0 radical (unpaired) electrons. The summed E-state index contributed by atoms with van der Waals surface area (Å²) >= 11 is 0. The minimum atomic E-state index is -0.842. The largest absolute Gasteiger partial charge is 0.481 e. The molecule has 0 aromatic carbocycles. The molecule has 9 heteroatoms. The molecule has 3 aromatic rings. The van der Waals surface area contributed by atoms with Crippen LogP contribution < -0.4 is 0 Å². The highest BCUT2D eigenvalue weighted by molar-refractivity contribution is 5.92. The summed E-state index contributed by atoms with van der Waals surface area (Å²) < 4.78 is 3.59. The Bertz CT molecular complexity index is 943. The first kappa shape index (κ1) is 16.2. The predicted molar refractivity (Wildman–Crippen MR) is 90.5 cm³/mol. The Morgan fingerprint density at radius 1 is 1.27 bits per heavy atom. The number of carbonyl (C=O) groups is 2. The van der Waals surface area contributed by atoms with Crippen LogP contribution in [0.4, 0.5) is 0 Å². The lowest BCUT2D eigenvalue weighted by Crippen LogP contribution is -2.31. The predicted octanol–water partition coefficient (Wildman–Crippen LogP) is 0.989. The van der Waals surface area contributed by atoms with Crippen molar-refractivity contribution < 1.29 is 14.7 Å². The van der Waals surface area contributed by atoms with Gasteiger partial charge in [-0.3, -0.25) is 18.7 Å². The summed E-state index contributed by atoms with van der Waals surface area (Å²) in [5, 5.41) is 13.3. The van der Waals surface area contributed by atoms with Gasteiger partial charge in [-0.15, -0.1) is 0 Å². The highest BCUT2D eigenvalue weighted by Gasteiger charge is 2.23. The number of hydrogen-bond acceptors (Lipinski definition) is 5. The number of aryl methyl sites for hydroxylation is 2. The molecule has 0 spiro atoms. The molecule has 4 rings (SSSR count). The van der Waals surface area contributed by atoms with Crippen LogP contribution in [0.2, 0.25) is 0 Å². The number of hydrogen-bond donors (Lipinski definition) is 1. The SMILES string of the molecule is O=C(O)CCc1cc2n(n1)CCCN(C(=O)c1cn3cccnc3n1)C2. The van der Waals surface area contributed by atoms with Gasteiger partial charge in [-0.2, -0.15) is 5.10 Å². The van der Waals surface area contributed by atoms with Gasteiger partial charge in [0.2, 0.25) is 5.78 Å². The summed E-state index contributed by atoms with van der Waals surface area (Å²) in [5.74, 6) is -0.491. The van der Waals surface area contributed by atoms with Gasteiger partial charge in [0.1, 0.15) is 5.69 Å². The highest BCUT2D eigenvalue weighted by atomic mass is 16.4. The summed E-state index contributed by atoms with van der Waals surface area (Å²) in [7, 11) is 0. The second-order valence-electron chi connectivity index (χ2n) is 6.28. The van der Waals surface area contributed by atoms with Crippen LogP contribution in [0.1, 0.15) is 34.7 Å². The van der Waals surface area contributed by atoms with Gasteiger partial charge in [0.05, 0.1) is 24.4 Å². The van der Waals surface area contributed by atoms with Gasteiger partial charge < -0.3 is 10.0 Å². The monoisotopic (exact) mass is 354 g/mol. The molecule has 0 aliphatic carbocycles. The van der Waals surface area contributed by atoms with Crippen molar-refractivity contribution in [3.05, 3.63) is 47.8 Å². The van der Waals surface area contributed by atoms with Crippen molar-refractivity contribution in [2.24, 2.45) is 0 Å². The molecule has 1 aliphatic rings. The first-order valence-corrected chi connectivity index (χ1v) is 8.46. The molecule has 1 aliphatic heterocycles. The van der Waals surface area contributed by atoms with Crippen LogP contribution in [-0.4, -0.2) is 52.6 Å². The first-order chi connectivity index (χ1) is 12.6. The zero-order valence-electron chi connectivity index (χ0n) is 14.1. The van der Waals surface area contributed by atoms with E-state index < -0.39 is 5.97 Å². The van der Waals surface area contributed by atoms with E-state index in [9.17, 15) is 9.59 Å². The van der Waals surface area contributed by atoms with E-state index in [1.54, 1.807) is 34.0 Å². The Morgan fingerprint density at radius 2 is 2.15 bits per heavy atom. The fourth-order valence-electron chi connectivity index (χ4n) is 3.15. The normalized spacial score (nSPS) is 14.2. The maximum Gasteiger partial charge on any atom is 0.303 e. The maximum absolute atomic E-state index is 12.9. The summed E-state index contributed by atoms with van der Waals surface area (Å²) in [6.07, 6.45) is 6.35. The van der Waals surface area contributed by atoms with Crippen LogP contribution in [0.15, 0.2) is 30.7 Å². The fourth-order valence-corrected chi connectivity index (χ4v) is 3.15. The lowest BCUT2D eigenvalue weighted by molar-refractivity contribution is -0.136. The highest BCUT2D eigenvalue weighted by Crippen LogP contribution is 2.17. The van der Waals surface area contributed by atoms with Gasteiger partial charge in [-0.05, 0) is 18.6 Å². The number of rotatable bonds is 4. The number of carboxylic acid groups (broad SMARTS) is 1. The van der Waals surface area contributed by atoms with E-state index in [4.69, 9.17) is 5.11 Å². The van der Waals surface area contributed by atoms with Gasteiger partial charge in [0, 0.05) is 38.1 Å². The first-order valence-electron chi connectivity index (χ1n) is 8.46. The molecule has 0 unspecified atom stereocenters. The van der Waals surface area contributed by atoms with Crippen LogP contribution >= 0.6 is 0 Å². The van der Waals surface area contributed by atoms with E-state index >= 15 is 0 Å². The smallest absolute Gasteiger partial charge is 0.303 e. The van der Waals surface area contributed by atoms with Gasteiger partial charge in [-0.1, -0.05) is 0 Å². The molecule has 0 saturated heterocycles. The third-order valence-corrected chi connectivity index (χ3v) is 4.40. The third kappa shape index (κ3) is 3.15. The van der Waals surface area contributed by atoms with Crippen molar-refractivity contribution in [2.75, 3.05) is 6.54 Å². The van der Waals surface area contributed by atoms with E-state index in [0.29, 0.717) is 37.5 Å². The number of carboxylic acids is 1. The van der Waals surface area contributed by atoms with E-state index in [1.165, 1.54) is 0 Å². The number of fused-ring (bicyclic) bond motifs is 2. The maximum atomic E-state index is 12.9. The van der Waals surface area contributed by atoms with E-state index in [1.807, 2.05) is 10.7 Å². The van der Waals surface area contributed by atoms with Crippen LogP contribution in [0.3, 0.4) is 0 Å². The Kier molecular flexibility index (Phi) is 4.11. The summed E-state index contributed by atoms with van der Waals surface area (Å²) in [4.78, 5) is 33.8. The average Bonchev–Trinajstić information content (AvgIpc) is 3.17. The topological polar surface area (TPSA) is 106 Å². The van der Waals surface area contributed by atoms with Crippen LogP contribution in [0.25, 0.3) is 5.78 Å². The Balaban J connectivity index is 1.54. The van der Waals surface area contributed by atoms with Gasteiger partial charge >= 0.3 is 5.97 Å². The number of nitrogens with zero attached hydrogens (tertiary/aromatic N) is 6. The molecule has 26 heavy (non-hydrogen) atoms. The quantitative estimate of drug-likeness (QED) is 0.749. The molecular formula is C17H18N6O3. The molecule has 0 atom stereocenters. The van der Waals surface area contributed by atoms with Gasteiger partial charge in [0.15, 0.2) is 0 Å². The lowest BCUT2D eigenvalue weighted by Gasteiger charge is -2.18. The molecule has 4 heterocycles. The molecule has 1 N–H and O–H groups in total. The molecule has 1 amide bonds. The molecule has 3 aromatic heterocycles. The molecule has 0 fully saturated rings. The van der Waals surface area contributed by atoms with Crippen molar-refractivity contribution in [2.45, 2.75) is 32.4 Å². The van der Waals surface area contributed by atoms with Gasteiger partial charge in [0.25, 0.3) is 5.91 Å². The second kappa shape index (κ2) is 6.58. The van der Waals surface area contributed by atoms with Crippen molar-refractivity contribution in [1.29, 1.82) is 0 Å². The Morgan fingerprint density at radius 3 is 2.96 bits per heavy atom. The zero-order valence-corrected chi connectivity index (χ0v) is 14.1. The van der Waals surface area contributed by atoms with Crippen molar-refractivity contribution in [1.82, 2.24) is 29.0 Å². The second-order valence-corrected chi connectivity index (χ2v) is 6.28. The minimum absolute atomic E-state index is 0.0490. The number of amides is 1. The fraction of sp³-hybridized carbons (Fsp3) is 0.353.